The van der Waals surface area contributed by atoms with Crippen LogP contribution in [0.25, 0.3) is 11.0 Å². The molecule has 1 fully saturated rings. The molecule has 3 aromatic rings. The smallest absolute Gasteiger partial charge is 0.256 e. The Hall–Kier alpha value is -2.93. The van der Waals surface area contributed by atoms with Crippen molar-refractivity contribution in [3.63, 3.8) is 0 Å². The number of imidazole rings is 1. The largest absolute Gasteiger partial charge is 0.333 e. The molecule has 1 saturated heterocycles. The third-order valence-electron chi connectivity index (χ3n) is 6.70. The molecule has 1 aromatic carbocycles. The number of benzene rings is 1. The Bertz CT molecular complexity index is 1110. The zero-order valence-corrected chi connectivity index (χ0v) is 18.5. The number of nitrogens with zero attached hydrogens (tertiary/aromatic N) is 5. The Balaban J connectivity index is 1.37. The van der Waals surface area contributed by atoms with Gasteiger partial charge in [0, 0.05) is 44.7 Å². The lowest BCUT2D eigenvalue weighted by molar-refractivity contribution is 0.0756. The third kappa shape index (κ3) is 3.28. The fourth-order valence-electron chi connectivity index (χ4n) is 5.25. The van der Waals surface area contributed by atoms with Gasteiger partial charge < -0.3 is 14.8 Å². The number of amides is 1. The SMILES string of the molecule is CCN1c2ncccc2C(=O)NC12CCN(Cc1nc3ccccc3n1C(C)C)CC2. The van der Waals surface area contributed by atoms with Crippen LogP contribution in [-0.2, 0) is 6.54 Å². The summed E-state index contributed by atoms with van der Waals surface area (Å²) >= 11 is 0. The van der Waals surface area contributed by atoms with Crippen LogP contribution in [0.2, 0.25) is 0 Å². The molecule has 1 N–H and O–H groups in total. The summed E-state index contributed by atoms with van der Waals surface area (Å²) < 4.78 is 2.35. The van der Waals surface area contributed by atoms with Gasteiger partial charge in [-0.3, -0.25) is 9.69 Å². The molecular weight excluding hydrogens is 388 g/mol. The number of pyridine rings is 1. The molecule has 0 atom stereocenters. The first-order valence-electron chi connectivity index (χ1n) is 11.3. The van der Waals surface area contributed by atoms with E-state index in [1.54, 1.807) is 6.20 Å². The number of carbonyl (C=O) groups excluding carboxylic acids is 1. The number of carbonyl (C=O) groups is 1. The maximum atomic E-state index is 12.8. The van der Waals surface area contributed by atoms with Gasteiger partial charge in [0.1, 0.15) is 17.3 Å². The van der Waals surface area contributed by atoms with E-state index in [4.69, 9.17) is 4.98 Å². The van der Waals surface area contributed by atoms with Crippen molar-refractivity contribution in [2.24, 2.45) is 0 Å². The van der Waals surface area contributed by atoms with Crippen molar-refractivity contribution in [2.45, 2.75) is 51.9 Å². The van der Waals surface area contributed by atoms with Crippen molar-refractivity contribution in [1.29, 1.82) is 0 Å². The van der Waals surface area contributed by atoms with Gasteiger partial charge in [0.15, 0.2) is 0 Å². The average molecular weight is 419 g/mol. The quantitative estimate of drug-likeness (QED) is 0.702. The number of anilines is 1. The van der Waals surface area contributed by atoms with Crippen molar-refractivity contribution in [3.05, 3.63) is 54.0 Å². The van der Waals surface area contributed by atoms with E-state index in [1.807, 2.05) is 18.2 Å². The average Bonchev–Trinajstić information content (AvgIpc) is 3.14. The monoisotopic (exact) mass is 418 g/mol. The maximum Gasteiger partial charge on any atom is 0.256 e. The van der Waals surface area contributed by atoms with E-state index >= 15 is 0 Å². The molecule has 1 amide bonds. The highest BCUT2D eigenvalue weighted by molar-refractivity contribution is 6.01. The van der Waals surface area contributed by atoms with Gasteiger partial charge in [-0.05, 0) is 45.0 Å². The van der Waals surface area contributed by atoms with E-state index in [-0.39, 0.29) is 11.6 Å². The van der Waals surface area contributed by atoms with E-state index in [0.29, 0.717) is 11.6 Å². The first kappa shape index (κ1) is 20.0. The van der Waals surface area contributed by atoms with Crippen LogP contribution in [0.5, 0.6) is 0 Å². The van der Waals surface area contributed by atoms with Crippen LogP contribution in [0.3, 0.4) is 0 Å². The molecule has 5 rings (SSSR count). The number of aromatic nitrogens is 3. The van der Waals surface area contributed by atoms with Crippen LogP contribution in [0.4, 0.5) is 5.82 Å². The molecule has 2 aliphatic rings. The number of likely N-dealkylation sites (tertiary alicyclic amines) is 1. The summed E-state index contributed by atoms with van der Waals surface area (Å²) in [5.74, 6) is 1.91. The number of para-hydroxylation sites is 2. The lowest BCUT2D eigenvalue weighted by Gasteiger charge is -2.51. The summed E-state index contributed by atoms with van der Waals surface area (Å²) in [5, 5.41) is 3.32. The number of rotatable bonds is 4. The van der Waals surface area contributed by atoms with E-state index in [9.17, 15) is 4.79 Å². The topological polar surface area (TPSA) is 66.3 Å². The lowest BCUT2D eigenvalue weighted by atomic mass is 9.91. The molecule has 2 aliphatic heterocycles. The molecule has 4 heterocycles. The van der Waals surface area contributed by atoms with Crippen molar-refractivity contribution in [2.75, 3.05) is 24.5 Å². The maximum absolute atomic E-state index is 12.8. The summed E-state index contributed by atoms with van der Waals surface area (Å²) in [4.78, 5) is 27.0. The summed E-state index contributed by atoms with van der Waals surface area (Å²) in [6.45, 7) is 9.99. The minimum atomic E-state index is -0.359. The van der Waals surface area contributed by atoms with Crippen molar-refractivity contribution < 1.29 is 4.79 Å². The Kier molecular flexibility index (Phi) is 4.93. The molecule has 0 unspecified atom stereocenters. The number of piperidine rings is 1. The molecule has 2 aromatic heterocycles. The molecule has 0 aliphatic carbocycles. The fraction of sp³-hybridized carbons (Fsp3) is 0.458. The van der Waals surface area contributed by atoms with Gasteiger partial charge >= 0.3 is 0 Å². The van der Waals surface area contributed by atoms with Crippen LogP contribution in [0.1, 0.15) is 55.8 Å². The summed E-state index contributed by atoms with van der Waals surface area (Å²) in [7, 11) is 0. The first-order chi connectivity index (χ1) is 15.0. The third-order valence-corrected chi connectivity index (χ3v) is 6.70. The molecule has 0 saturated carbocycles. The van der Waals surface area contributed by atoms with Gasteiger partial charge in [-0.15, -0.1) is 0 Å². The van der Waals surface area contributed by atoms with Crippen LogP contribution in [0.15, 0.2) is 42.6 Å². The Morgan fingerprint density at radius 3 is 2.65 bits per heavy atom. The van der Waals surface area contributed by atoms with E-state index in [1.165, 1.54) is 5.52 Å². The molecule has 31 heavy (non-hydrogen) atoms. The molecule has 7 heteroatoms. The second kappa shape index (κ2) is 7.64. The molecular formula is C24H30N6O. The molecule has 1 spiro atoms. The first-order valence-corrected chi connectivity index (χ1v) is 11.3. The highest BCUT2D eigenvalue weighted by Crippen LogP contribution is 2.36. The van der Waals surface area contributed by atoms with Gasteiger partial charge in [0.25, 0.3) is 5.91 Å². The normalized spacial score (nSPS) is 18.6. The summed E-state index contributed by atoms with van der Waals surface area (Å²) in [5.41, 5.74) is 2.56. The predicted octanol–water partition coefficient (Wildman–Crippen LogP) is 3.57. The number of nitrogens with one attached hydrogen (secondary N) is 1. The van der Waals surface area contributed by atoms with Gasteiger partial charge in [-0.1, -0.05) is 12.1 Å². The second-order valence-electron chi connectivity index (χ2n) is 8.86. The van der Waals surface area contributed by atoms with Crippen molar-refractivity contribution >= 4 is 22.8 Å². The number of hydrogen-bond donors (Lipinski definition) is 1. The number of hydrogen-bond acceptors (Lipinski definition) is 5. The van der Waals surface area contributed by atoms with Gasteiger partial charge in [0.05, 0.1) is 23.1 Å². The minimum Gasteiger partial charge on any atom is -0.333 e. The molecule has 162 valence electrons. The van der Waals surface area contributed by atoms with E-state index in [0.717, 1.165) is 56.2 Å². The highest BCUT2D eigenvalue weighted by atomic mass is 16.2. The fourth-order valence-corrected chi connectivity index (χ4v) is 5.25. The molecule has 0 bridgehead atoms. The zero-order valence-electron chi connectivity index (χ0n) is 18.5. The Labute approximate surface area is 183 Å². The lowest BCUT2D eigenvalue weighted by Crippen LogP contribution is -2.67. The Morgan fingerprint density at radius 2 is 1.90 bits per heavy atom. The van der Waals surface area contributed by atoms with Gasteiger partial charge in [-0.25, -0.2) is 9.97 Å². The number of fused-ring (bicyclic) bond motifs is 2. The van der Waals surface area contributed by atoms with Crippen LogP contribution < -0.4 is 10.2 Å². The molecule has 7 nitrogen and oxygen atoms in total. The van der Waals surface area contributed by atoms with E-state index < -0.39 is 0 Å². The van der Waals surface area contributed by atoms with Crippen molar-refractivity contribution in [1.82, 2.24) is 24.8 Å². The van der Waals surface area contributed by atoms with Gasteiger partial charge in [0.2, 0.25) is 0 Å². The predicted molar refractivity (Wildman–Crippen MR) is 122 cm³/mol. The minimum absolute atomic E-state index is 0.0112. The van der Waals surface area contributed by atoms with E-state index in [2.05, 4.69) is 63.6 Å². The van der Waals surface area contributed by atoms with Crippen LogP contribution >= 0.6 is 0 Å². The highest BCUT2D eigenvalue weighted by Gasteiger charge is 2.45. The Morgan fingerprint density at radius 1 is 1.13 bits per heavy atom. The standard InChI is InChI=1S/C24H30N6O/c1-4-29-22-18(8-7-13-25-22)23(31)27-24(29)11-14-28(15-12-24)16-21-26-19-9-5-6-10-20(19)30(21)17(2)3/h5-10,13,17H,4,11-12,14-16H2,1-3H3,(H,27,31). The zero-order chi connectivity index (χ0) is 21.6. The van der Waals surface area contributed by atoms with Crippen LogP contribution in [0, 0.1) is 0 Å². The van der Waals surface area contributed by atoms with Crippen molar-refractivity contribution in [3.8, 4) is 0 Å². The molecule has 0 radical (unpaired) electrons. The summed E-state index contributed by atoms with van der Waals surface area (Å²) in [6.07, 6.45) is 3.51. The summed E-state index contributed by atoms with van der Waals surface area (Å²) in [6, 6.07) is 12.4. The second-order valence-corrected chi connectivity index (χ2v) is 8.86. The van der Waals surface area contributed by atoms with Gasteiger partial charge in [-0.2, -0.15) is 0 Å². The van der Waals surface area contributed by atoms with Crippen LogP contribution in [-0.4, -0.2) is 50.6 Å².